The second-order valence-corrected chi connectivity index (χ2v) is 4.20. The first-order valence-electron chi connectivity index (χ1n) is 5.55. The smallest absolute Gasteiger partial charge is 0.416 e. The number of halogens is 3. The van der Waals surface area contributed by atoms with Crippen molar-refractivity contribution in [2.45, 2.75) is 20.0 Å². The third-order valence-corrected chi connectivity index (χ3v) is 2.72. The largest absolute Gasteiger partial charge is 0.475 e. The van der Waals surface area contributed by atoms with E-state index in [9.17, 15) is 18.0 Å². The Kier molecular flexibility index (Phi) is 3.24. The fourth-order valence-corrected chi connectivity index (χ4v) is 1.72. The Balaban J connectivity index is 2.60. The summed E-state index contributed by atoms with van der Waals surface area (Å²) in [6.07, 6.45) is -4.48. The number of rotatable bonds is 2. The van der Waals surface area contributed by atoms with Crippen molar-refractivity contribution < 1.29 is 23.1 Å². The number of carboxylic acids is 1. The number of aromatic carboxylic acids is 1. The van der Waals surface area contributed by atoms with Crippen molar-refractivity contribution in [3.63, 3.8) is 0 Å². The highest BCUT2D eigenvalue weighted by Crippen LogP contribution is 2.31. The van der Waals surface area contributed by atoms with Crippen LogP contribution in [0.1, 0.15) is 27.6 Å². The van der Waals surface area contributed by atoms with Gasteiger partial charge >= 0.3 is 12.1 Å². The van der Waals surface area contributed by atoms with Gasteiger partial charge in [-0.15, -0.1) is 5.10 Å². The fourth-order valence-electron chi connectivity index (χ4n) is 1.72. The van der Waals surface area contributed by atoms with Crippen LogP contribution in [0.4, 0.5) is 13.2 Å². The van der Waals surface area contributed by atoms with E-state index in [2.05, 4.69) is 10.1 Å². The van der Waals surface area contributed by atoms with Gasteiger partial charge in [0.25, 0.3) is 5.82 Å². The van der Waals surface area contributed by atoms with Crippen molar-refractivity contribution in [3.8, 4) is 5.69 Å². The molecule has 1 heterocycles. The Morgan fingerprint density at radius 2 is 1.95 bits per heavy atom. The van der Waals surface area contributed by atoms with E-state index < -0.39 is 23.5 Å². The number of benzene rings is 1. The minimum absolute atomic E-state index is 0.150. The average Bonchev–Trinajstić information content (AvgIpc) is 2.70. The topological polar surface area (TPSA) is 68.0 Å². The quantitative estimate of drug-likeness (QED) is 0.921. The van der Waals surface area contributed by atoms with Gasteiger partial charge in [0.1, 0.15) is 5.82 Å². The summed E-state index contributed by atoms with van der Waals surface area (Å²) in [5.74, 6) is -1.60. The zero-order chi connectivity index (χ0) is 15.1. The lowest BCUT2D eigenvalue weighted by Gasteiger charge is -2.11. The molecule has 0 atom stereocenters. The molecule has 0 amide bonds. The van der Waals surface area contributed by atoms with Crippen molar-refractivity contribution in [1.29, 1.82) is 0 Å². The monoisotopic (exact) mass is 285 g/mol. The number of hydrogen-bond donors (Lipinski definition) is 1. The van der Waals surface area contributed by atoms with Crippen LogP contribution in [0.15, 0.2) is 18.2 Å². The van der Waals surface area contributed by atoms with E-state index in [1.165, 1.54) is 13.0 Å². The lowest BCUT2D eigenvalue weighted by atomic mass is 10.1. The number of alkyl halides is 3. The molecule has 0 aliphatic heterocycles. The molecule has 0 aliphatic rings. The summed E-state index contributed by atoms with van der Waals surface area (Å²) in [6.45, 7) is 3.08. The van der Waals surface area contributed by atoms with Crippen molar-refractivity contribution >= 4 is 5.97 Å². The standard InChI is InChI=1S/C12H10F3N3O2/c1-6-3-4-8(12(13,14)15)5-9(6)18-7(2)16-10(17-18)11(19)20/h3-5H,1-2H3,(H,19,20). The number of aromatic nitrogens is 3. The molecule has 0 saturated heterocycles. The second-order valence-electron chi connectivity index (χ2n) is 4.20. The van der Waals surface area contributed by atoms with Crippen molar-refractivity contribution in [2.75, 3.05) is 0 Å². The second kappa shape index (κ2) is 4.62. The first kappa shape index (κ1) is 14.0. The van der Waals surface area contributed by atoms with Crippen LogP contribution in [0.25, 0.3) is 5.69 Å². The van der Waals surface area contributed by atoms with Gasteiger partial charge in [-0.2, -0.15) is 13.2 Å². The van der Waals surface area contributed by atoms with E-state index in [1.54, 1.807) is 6.92 Å². The summed E-state index contributed by atoms with van der Waals surface area (Å²) < 4.78 is 39.2. The summed E-state index contributed by atoms with van der Waals surface area (Å²) in [5.41, 5.74) is -0.148. The fraction of sp³-hybridized carbons (Fsp3) is 0.250. The van der Waals surface area contributed by atoms with Gasteiger partial charge in [0.2, 0.25) is 0 Å². The zero-order valence-corrected chi connectivity index (χ0v) is 10.6. The molecule has 0 bridgehead atoms. The third kappa shape index (κ3) is 2.49. The van der Waals surface area contributed by atoms with Gasteiger partial charge in [0, 0.05) is 0 Å². The molecule has 0 fully saturated rings. The van der Waals surface area contributed by atoms with E-state index in [1.807, 2.05) is 0 Å². The van der Waals surface area contributed by atoms with Gasteiger partial charge in [-0.1, -0.05) is 6.07 Å². The van der Waals surface area contributed by atoms with Crippen molar-refractivity contribution in [1.82, 2.24) is 14.8 Å². The third-order valence-electron chi connectivity index (χ3n) is 2.72. The summed E-state index contributed by atoms with van der Waals surface area (Å²) >= 11 is 0. The molecular formula is C12H10F3N3O2. The van der Waals surface area contributed by atoms with E-state index in [0.717, 1.165) is 16.8 Å². The van der Waals surface area contributed by atoms with E-state index in [0.29, 0.717) is 5.56 Å². The lowest BCUT2D eigenvalue weighted by Crippen LogP contribution is -2.09. The first-order valence-corrected chi connectivity index (χ1v) is 5.55. The Morgan fingerprint density at radius 3 is 2.45 bits per heavy atom. The maximum atomic E-state index is 12.7. The van der Waals surface area contributed by atoms with Gasteiger partial charge in [-0.25, -0.2) is 14.5 Å². The molecule has 0 aliphatic carbocycles. The summed E-state index contributed by atoms with van der Waals surface area (Å²) in [4.78, 5) is 14.5. The maximum absolute atomic E-state index is 12.7. The molecule has 0 saturated carbocycles. The van der Waals surface area contributed by atoms with Gasteiger partial charge in [-0.05, 0) is 31.5 Å². The number of carbonyl (C=O) groups is 1. The van der Waals surface area contributed by atoms with Crippen LogP contribution in [0.3, 0.4) is 0 Å². The van der Waals surface area contributed by atoms with Crippen LogP contribution in [0.2, 0.25) is 0 Å². The molecule has 0 unspecified atom stereocenters. The van der Waals surface area contributed by atoms with Gasteiger partial charge in [0.15, 0.2) is 0 Å². The number of aryl methyl sites for hydroxylation is 2. The van der Waals surface area contributed by atoms with Crippen LogP contribution in [-0.4, -0.2) is 25.8 Å². The maximum Gasteiger partial charge on any atom is 0.416 e. The minimum atomic E-state index is -4.48. The Bertz CT molecular complexity index is 677. The molecular weight excluding hydrogens is 275 g/mol. The Labute approximate surface area is 111 Å². The molecule has 106 valence electrons. The molecule has 1 aromatic carbocycles. The van der Waals surface area contributed by atoms with Crippen LogP contribution >= 0.6 is 0 Å². The van der Waals surface area contributed by atoms with Gasteiger partial charge in [-0.3, -0.25) is 0 Å². The van der Waals surface area contributed by atoms with Crippen LogP contribution < -0.4 is 0 Å². The van der Waals surface area contributed by atoms with E-state index in [-0.39, 0.29) is 11.5 Å². The van der Waals surface area contributed by atoms with E-state index >= 15 is 0 Å². The summed E-state index contributed by atoms with van der Waals surface area (Å²) in [7, 11) is 0. The highest BCUT2D eigenvalue weighted by molar-refractivity contribution is 5.83. The first-order chi connectivity index (χ1) is 9.20. The minimum Gasteiger partial charge on any atom is -0.475 e. The molecule has 2 rings (SSSR count). The molecule has 8 heteroatoms. The van der Waals surface area contributed by atoms with Crippen molar-refractivity contribution in [2.24, 2.45) is 0 Å². The normalized spacial score (nSPS) is 11.7. The average molecular weight is 285 g/mol. The molecule has 1 N–H and O–H groups in total. The van der Waals surface area contributed by atoms with Crippen molar-refractivity contribution in [3.05, 3.63) is 41.0 Å². The van der Waals surface area contributed by atoms with Crippen LogP contribution in [0.5, 0.6) is 0 Å². The van der Waals surface area contributed by atoms with Crippen LogP contribution in [0, 0.1) is 13.8 Å². The summed E-state index contributed by atoms with van der Waals surface area (Å²) in [6, 6.07) is 3.19. The highest BCUT2D eigenvalue weighted by Gasteiger charge is 2.31. The number of carboxylic acid groups (broad SMARTS) is 1. The van der Waals surface area contributed by atoms with Gasteiger partial charge in [0.05, 0.1) is 11.3 Å². The molecule has 1 aromatic heterocycles. The predicted molar refractivity (Wildman–Crippen MR) is 62.8 cm³/mol. The molecule has 2 aromatic rings. The molecule has 0 radical (unpaired) electrons. The Hall–Kier alpha value is -2.38. The predicted octanol–water partition coefficient (Wildman–Crippen LogP) is 2.60. The summed E-state index contributed by atoms with van der Waals surface area (Å²) in [5, 5.41) is 12.5. The van der Waals surface area contributed by atoms with E-state index in [4.69, 9.17) is 5.11 Å². The highest BCUT2D eigenvalue weighted by atomic mass is 19.4. The molecule has 20 heavy (non-hydrogen) atoms. The zero-order valence-electron chi connectivity index (χ0n) is 10.6. The molecule has 0 spiro atoms. The van der Waals surface area contributed by atoms with Crippen LogP contribution in [-0.2, 0) is 6.18 Å². The Morgan fingerprint density at radius 1 is 1.30 bits per heavy atom. The number of hydrogen-bond acceptors (Lipinski definition) is 3. The SMILES string of the molecule is Cc1ccc(C(F)(F)F)cc1-n1nc(C(=O)O)nc1C. The molecule has 5 nitrogen and oxygen atoms in total. The number of nitrogens with zero attached hydrogens (tertiary/aromatic N) is 3. The van der Waals surface area contributed by atoms with Gasteiger partial charge < -0.3 is 5.11 Å². The lowest BCUT2D eigenvalue weighted by molar-refractivity contribution is -0.137.